The lowest BCUT2D eigenvalue weighted by atomic mass is 9.87. The summed E-state index contributed by atoms with van der Waals surface area (Å²) in [5.41, 5.74) is 2.81. The van der Waals surface area contributed by atoms with E-state index in [1.54, 1.807) is 22.9 Å². The van der Waals surface area contributed by atoms with Crippen molar-refractivity contribution in [1.29, 1.82) is 0 Å². The van der Waals surface area contributed by atoms with Crippen molar-refractivity contribution < 1.29 is 9.53 Å². The summed E-state index contributed by atoms with van der Waals surface area (Å²) < 4.78 is 7.14. The summed E-state index contributed by atoms with van der Waals surface area (Å²) in [4.78, 5) is 14.5. The number of aryl methyl sites for hydroxylation is 1. The van der Waals surface area contributed by atoms with Crippen molar-refractivity contribution in [2.45, 2.75) is 39.7 Å². The SMILES string of the molecule is CCN(Cc1cnn(C)c1)C(=O)Nc1cc(C(C)(C)C)ccc1OC. The Balaban J connectivity index is 2.19. The lowest BCUT2D eigenvalue weighted by Crippen LogP contribution is -2.34. The Labute approximate surface area is 149 Å². The van der Waals surface area contributed by atoms with Gasteiger partial charge in [-0.3, -0.25) is 4.68 Å². The summed E-state index contributed by atoms with van der Waals surface area (Å²) in [6, 6.07) is 5.75. The smallest absolute Gasteiger partial charge is 0.322 e. The molecule has 6 heteroatoms. The van der Waals surface area contributed by atoms with Crippen LogP contribution in [0.2, 0.25) is 0 Å². The number of methoxy groups -OCH3 is 1. The fraction of sp³-hybridized carbons (Fsp3) is 0.474. The third-order valence-electron chi connectivity index (χ3n) is 4.11. The number of benzene rings is 1. The van der Waals surface area contributed by atoms with Crippen molar-refractivity contribution in [1.82, 2.24) is 14.7 Å². The van der Waals surface area contributed by atoms with Gasteiger partial charge in [-0.1, -0.05) is 26.8 Å². The number of carbonyl (C=O) groups excluding carboxylic acids is 1. The maximum Gasteiger partial charge on any atom is 0.322 e. The van der Waals surface area contributed by atoms with Crippen LogP contribution in [0.4, 0.5) is 10.5 Å². The number of hydrogen-bond acceptors (Lipinski definition) is 3. The van der Waals surface area contributed by atoms with Gasteiger partial charge >= 0.3 is 6.03 Å². The van der Waals surface area contributed by atoms with Crippen LogP contribution in [0.5, 0.6) is 5.75 Å². The summed E-state index contributed by atoms with van der Waals surface area (Å²) in [6.45, 7) is 9.49. The molecular weight excluding hydrogens is 316 g/mol. The van der Waals surface area contributed by atoms with Gasteiger partial charge in [0.05, 0.1) is 25.5 Å². The van der Waals surface area contributed by atoms with E-state index in [1.807, 2.05) is 38.4 Å². The molecule has 0 aliphatic rings. The average Bonchev–Trinajstić information content (AvgIpc) is 2.96. The quantitative estimate of drug-likeness (QED) is 0.898. The molecule has 136 valence electrons. The van der Waals surface area contributed by atoms with Gasteiger partial charge in [0.25, 0.3) is 0 Å². The molecule has 0 unspecified atom stereocenters. The van der Waals surface area contributed by atoms with Crippen molar-refractivity contribution in [3.8, 4) is 5.75 Å². The molecule has 0 aliphatic heterocycles. The topological polar surface area (TPSA) is 59.4 Å². The minimum absolute atomic E-state index is 0.00804. The van der Waals surface area contributed by atoms with Crippen LogP contribution < -0.4 is 10.1 Å². The number of urea groups is 1. The summed E-state index contributed by atoms with van der Waals surface area (Å²) >= 11 is 0. The number of amides is 2. The standard InChI is InChI=1S/C19H28N4O2/c1-7-23(13-14-11-20-22(5)12-14)18(24)21-16-10-15(19(2,3)4)8-9-17(16)25-6/h8-12H,7,13H2,1-6H3,(H,21,24). The second kappa shape index (κ2) is 7.59. The van der Waals surface area contributed by atoms with Gasteiger partial charge < -0.3 is 15.0 Å². The number of anilines is 1. The first-order chi connectivity index (χ1) is 11.7. The van der Waals surface area contributed by atoms with Gasteiger partial charge in [-0.2, -0.15) is 5.10 Å². The maximum atomic E-state index is 12.7. The maximum absolute atomic E-state index is 12.7. The molecule has 0 saturated heterocycles. The van der Waals surface area contributed by atoms with Crippen LogP contribution >= 0.6 is 0 Å². The van der Waals surface area contributed by atoms with Crippen molar-refractivity contribution >= 4 is 11.7 Å². The first-order valence-corrected chi connectivity index (χ1v) is 8.46. The molecule has 2 amide bonds. The fourth-order valence-electron chi connectivity index (χ4n) is 2.57. The molecule has 1 heterocycles. The van der Waals surface area contributed by atoms with E-state index in [1.165, 1.54) is 0 Å². The van der Waals surface area contributed by atoms with E-state index >= 15 is 0 Å². The van der Waals surface area contributed by atoms with E-state index < -0.39 is 0 Å². The lowest BCUT2D eigenvalue weighted by Gasteiger charge is -2.24. The second-order valence-electron chi connectivity index (χ2n) is 7.13. The molecule has 0 fully saturated rings. The van der Waals surface area contributed by atoms with Gasteiger partial charge in [0.1, 0.15) is 5.75 Å². The predicted octanol–water partition coefficient (Wildman–Crippen LogP) is 3.78. The minimum atomic E-state index is -0.157. The van der Waals surface area contributed by atoms with Crippen molar-refractivity contribution in [2.75, 3.05) is 19.0 Å². The Morgan fingerprint density at radius 1 is 1.36 bits per heavy atom. The third kappa shape index (κ3) is 4.75. The van der Waals surface area contributed by atoms with Gasteiger partial charge in [-0.05, 0) is 30.0 Å². The van der Waals surface area contributed by atoms with E-state index in [-0.39, 0.29) is 11.4 Å². The van der Waals surface area contributed by atoms with Gasteiger partial charge in [0.2, 0.25) is 0 Å². The van der Waals surface area contributed by atoms with Crippen molar-refractivity contribution in [3.05, 3.63) is 41.7 Å². The zero-order valence-corrected chi connectivity index (χ0v) is 16.0. The largest absolute Gasteiger partial charge is 0.495 e. The Kier molecular flexibility index (Phi) is 5.72. The number of hydrogen-bond donors (Lipinski definition) is 1. The van der Waals surface area contributed by atoms with E-state index in [4.69, 9.17) is 4.74 Å². The Morgan fingerprint density at radius 2 is 2.08 bits per heavy atom. The first-order valence-electron chi connectivity index (χ1n) is 8.46. The number of carbonyl (C=O) groups is 1. The van der Waals surface area contributed by atoms with Gasteiger partial charge in [-0.15, -0.1) is 0 Å². The van der Waals surface area contributed by atoms with E-state index in [9.17, 15) is 4.79 Å². The Morgan fingerprint density at radius 3 is 2.60 bits per heavy atom. The van der Waals surface area contributed by atoms with Gasteiger partial charge in [0, 0.05) is 25.4 Å². The summed E-state index contributed by atoms with van der Waals surface area (Å²) in [5, 5.41) is 7.14. The van der Waals surface area contributed by atoms with Crippen molar-refractivity contribution in [3.63, 3.8) is 0 Å². The van der Waals surface area contributed by atoms with E-state index in [0.717, 1.165) is 11.1 Å². The number of aromatic nitrogens is 2. The molecule has 25 heavy (non-hydrogen) atoms. The summed E-state index contributed by atoms with van der Waals surface area (Å²) in [5.74, 6) is 0.652. The van der Waals surface area contributed by atoms with Gasteiger partial charge in [-0.25, -0.2) is 4.79 Å². The molecule has 2 aromatic rings. The molecule has 0 radical (unpaired) electrons. The Bertz CT molecular complexity index is 731. The molecule has 0 atom stereocenters. The van der Waals surface area contributed by atoms with Crippen molar-refractivity contribution in [2.24, 2.45) is 7.05 Å². The van der Waals surface area contributed by atoms with Crippen LogP contribution in [0.3, 0.4) is 0 Å². The molecule has 0 bridgehead atoms. The normalized spacial score (nSPS) is 11.3. The summed E-state index contributed by atoms with van der Waals surface area (Å²) in [6.07, 6.45) is 3.69. The molecule has 6 nitrogen and oxygen atoms in total. The van der Waals surface area contributed by atoms with Crippen LogP contribution in [0.15, 0.2) is 30.6 Å². The highest BCUT2D eigenvalue weighted by Gasteiger charge is 2.19. The zero-order chi connectivity index (χ0) is 18.6. The van der Waals surface area contributed by atoms with E-state index in [0.29, 0.717) is 24.5 Å². The molecular formula is C19H28N4O2. The second-order valence-corrected chi connectivity index (χ2v) is 7.13. The number of nitrogens with zero attached hydrogens (tertiary/aromatic N) is 3. The lowest BCUT2D eigenvalue weighted by molar-refractivity contribution is 0.212. The highest BCUT2D eigenvalue weighted by Crippen LogP contribution is 2.31. The van der Waals surface area contributed by atoms with Crippen LogP contribution in [-0.2, 0) is 19.0 Å². The first kappa shape index (κ1) is 18.8. The summed E-state index contributed by atoms with van der Waals surface area (Å²) in [7, 11) is 3.47. The minimum Gasteiger partial charge on any atom is -0.495 e. The van der Waals surface area contributed by atoms with Gasteiger partial charge in [0.15, 0.2) is 0 Å². The molecule has 0 saturated carbocycles. The highest BCUT2D eigenvalue weighted by atomic mass is 16.5. The predicted molar refractivity (Wildman–Crippen MR) is 100 cm³/mol. The third-order valence-corrected chi connectivity index (χ3v) is 4.11. The zero-order valence-electron chi connectivity index (χ0n) is 16.0. The molecule has 0 spiro atoms. The fourth-order valence-corrected chi connectivity index (χ4v) is 2.57. The molecule has 1 aromatic carbocycles. The number of rotatable bonds is 5. The highest BCUT2D eigenvalue weighted by molar-refractivity contribution is 5.91. The van der Waals surface area contributed by atoms with Crippen LogP contribution in [0.25, 0.3) is 0 Å². The average molecular weight is 344 g/mol. The van der Waals surface area contributed by atoms with Crippen LogP contribution in [0.1, 0.15) is 38.8 Å². The molecule has 1 aromatic heterocycles. The molecule has 0 aliphatic carbocycles. The molecule has 2 rings (SSSR count). The van der Waals surface area contributed by atoms with Crippen LogP contribution in [0, 0.1) is 0 Å². The number of nitrogens with one attached hydrogen (secondary N) is 1. The Hall–Kier alpha value is -2.50. The molecule has 1 N–H and O–H groups in total. The van der Waals surface area contributed by atoms with Crippen LogP contribution in [-0.4, -0.2) is 34.4 Å². The monoisotopic (exact) mass is 344 g/mol. The van der Waals surface area contributed by atoms with E-state index in [2.05, 4.69) is 31.2 Å². The number of ether oxygens (including phenoxy) is 1.